The highest BCUT2D eigenvalue weighted by Gasteiger charge is 2.15. The molecule has 2 rings (SSSR count). The van der Waals surface area contributed by atoms with Crippen LogP contribution in [0.2, 0.25) is 10.0 Å². The Labute approximate surface area is 130 Å². The average Bonchev–Trinajstić information content (AvgIpc) is 2.46. The molecule has 0 spiro atoms. The van der Waals surface area contributed by atoms with Crippen LogP contribution in [0.15, 0.2) is 18.2 Å². The number of hydrogen-bond acceptors (Lipinski definition) is 2. The zero-order valence-electron chi connectivity index (χ0n) is 11.5. The van der Waals surface area contributed by atoms with Gasteiger partial charge in [-0.15, -0.1) is 0 Å². The van der Waals surface area contributed by atoms with E-state index >= 15 is 0 Å². The molecular formula is C15H20Cl2N2O. The summed E-state index contributed by atoms with van der Waals surface area (Å²) < 4.78 is 0. The predicted octanol–water partition coefficient (Wildman–Crippen LogP) is 3.14. The number of benzene rings is 1. The Balaban J connectivity index is 1.69. The number of nitrogens with one attached hydrogen (secondary N) is 1. The third-order valence-electron chi connectivity index (χ3n) is 3.57. The Morgan fingerprint density at radius 2 is 1.95 bits per heavy atom. The van der Waals surface area contributed by atoms with Crippen LogP contribution in [0.3, 0.4) is 0 Å². The van der Waals surface area contributed by atoms with Crippen molar-refractivity contribution in [3.05, 3.63) is 33.8 Å². The van der Waals surface area contributed by atoms with Gasteiger partial charge in [0, 0.05) is 23.1 Å². The Morgan fingerprint density at radius 3 is 2.65 bits per heavy atom. The van der Waals surface area contributed by atoms with Gasteiger partial charge < -0.3 is 10.2 Å². The van der Waals surface area contributed by atoms with Crippen molar-refractivity contribution in [2.24, 2.45) is 0 Å². The second-order valence-corrected chi connectivity index (χ2v) is 5.95. The summed E-state index contributed by atoms with van der Waals surface area (Å²) in [5.74, 6) is 0.201. The molecule has 0 radical (unpaired) electrons. The van der Waals surface area contributed by atoms with Gasteiger partial charge in [0.2, 0.25) is 5.91 Å². The Bertz CT molecular complexity index is 459. The number of hydrogen-bond donors (Lipinski definition) is 1. The van der Waals surface area contributed by atoms with Gasteiger partial charge >= 0.3 is 0 Å². The summed E-state index contributed by atoms with van der Waals surface area (Å²) >= 11 is 12.0. The van der Waals surface area contributed by atoms with Crippen molar-refractivity contribution in [3.63, 3.8) is 0 Å². The number of amides is 1. The Morgan fingerprint density at radius 1 is 1.20 bits per heavy atom. The molecule has 110 valence electrons. The zero-order chi connectivity index (χ0) is 14.4. The third-order valence-corrected chi connectivity index (χ3v) is 4.16. The summed E-state index contributed by atoms with van der Waals surface area (Å²) in [5, 5.41) is 4.52. The van der Waals surface area contributed by atoms with Gasteiger partial charge in [0.1, 0.15) is 0 Å². The molecule has 0 saturated carbocycles. The molecule has 0 bridgehead atoms. The molecular weight excluding hydrogens is 295 g/mol. The lowest BCUT2D eigenvalue weighted by atomic mass is 10.1. The summed E-state index contributed by atoms with van der Waals surface area (Å²) in [6, 6.07) is 5.51. The van der Waals surface area contributed by atoms with E-state index in [0.717, 1.165) is 44.5 Å². The van der Waals surface area contributed by atoms with E-state index in [1.54, 1.807) is 6.07 Å². The van der Waals surface area contributed by atoms with Crippen LogP contribution in [0.25, 0.3) is 0 Å². The predicted molar refractivity (Wildman–Crippen MR) is 83.5 cm³/mol. The van der Waals surface area contributed by atoms with Crippen LogP contribution in [-0.2, 0) is 11.2 Å². The highest BCUT2D eigenvalue weighted by molar-refractivity contribution is 6.35. The van der Waals surface area contributed by atoms with Crippen LogP contribution >= 0.6 is 23.2 Å². The zero-order valence-corrected chi connectivity index (χ0v) is 13.0. The fourth-order valence-corrected chi connectivity index (χ4v) is 2.90. The van der Waals surface area contributed by atoms with Crippen molar-refractivity contribution in [2.75, 3.05) is 26.2 Å². The lowest BCUT2D eigenvalue weighted by Crippen LogP contribution is -2.41. The number of likely N-dealkylation sites (tertiary alicyclic amines) is 1. The molecule has 1 fully saturated rings. The molecule has 0 aliphatic carbocycles. The van der Waals surface area contributed by atoms with Gasteiger partial charge in [-0.2, -0.15) is 0 Å². The molecule has 20 heavy (non-hydrogen) atoms. The van der Waals surface area contributed by atoms with Gasteiger partial charge in [0.05, 0.1) is 6.54 Å². The van der Waals surface area contributed by atoms with E-state index in [4.69, 9.17) is 23.2 Å². The fourth-order valence-electron chi connectivity index (χ4n) is 2.40. The monoisotopic (exact) mass is 314 g/mol. The summed E-state index contributed by atoms with van der Waals surface area (Å²) in [7, 11) is 0. The van der Waals surface area contributed by atoms with Crippen molar-refractivity contribution in [1.82, 2.24) is 10.2 Å². The van der Waals surface area contributed by atoms with Crippen molar-refractivity contribution in [1.29, 1.82) is 0 Å². The van der Waals surface area contributed by atoms with E-state index < -0.39 is 0 Å². The average molecular weight is 315 g/mol. The van der Waals surface area contributed by atoms with E-state index in [0.29, 0.717) is 16.6 Å². The summed E-state index contributed by atoms with van der Waals surface area (Å²) in [4.78, 5) is 13.9. The highest BCUT2D eigenvalue weighted by Crippen LogP contribution is 2.21. The minimum atomic E-state index is 0.201. The van der Waals surface area contributed by atoms with Gasteiger partial charge in [0.25, 0.3) is 0 Å². The van der Waals surface area contributed by atoms with E-state index in [2.05, 4.69) is 5.32 Å². The van der Waals surface area contributed by atoms with Crippen LogP contribution in [0.4, 0.5) is 0 Å². The first-order valence-electron chi connectivity index (χ1n) is 7.09. The second kappa shape index (κ2) is 7.87. The maximum absolute atomic E-state index is 11.9. The second-order valence-electron chi connectivity index (χ2n) is 5.10. The highest BCUT2D eigenvalue weighted by atomic mass is 35.5. The quantitative estimate of drug-likeness (QED) is 0.847. The largest absolute Gasteiger partial charge is 0.342 e. The van der Waals surface area contributed by atoms with Gasteiger partial charge in [-0.05, 0) is 49.9 Å². The first-order chi connectivity index (χ1) is 9.66. The lowest BCUT2D eigenvalue weighted by molar-refractivity contribution is -0.131. The maximum atomic E-state index is 11.9. The first kappa shape index (κ1) is 15.6. The summed E-state index contributed by atoms with van der Waals surface area (Å²) in [6.07, 6.45) is 4.30. The van der Waals surface area contributed by atoms with Gasteiger partial charge in [-0.25, -0.2) is 0 Å². The van der Waals surface area contributed by atoms with Crippen LogP contribution in [0, 0.1) is 0 Å². The number of carbonyl (C=O) groups excluding carboxylic acids is 1. The standard InChI is InChI=1S/C15H20Cl2N2O/c16-13-5-4-12(14(17)10-13)6-7-18-11-15(20)19-8-2-1-3-9-19/h4-5,10,18H,1-3,6-9,11H2. The van der Waals surface area contributed by atoms with Crippen LogP contribution in [0.1, 0.15) is 24.8 Å². The molecule has 0 aromatic heterocycles. The summed E-state index contributed by atoms with van der Waals surface area (Å²) in [5.41, 5.74) is 1.05. The SMILES string of the molecule is O=C(CNCCc1ccc(Cl)cc1Cl)N1CCCCC1. The van der Waals surface area contributed by atoms with E-state index in [-0.39, 0.29) is 5.91 Å². The lowest BCUT2D eigenvalue weighted by Gasteiger charge is -2.26. The molecule has 1 aromatic carbocycles. The fraction of sp³-hybridized carbons (Fsp3) is 0.533. The van der Waals surface area contributed by atoms with Gasteiger partial charge in [-0.3, -0.25) is 4.79 Å². The van der Waals surface area contributed by atoms with E-state index in [9.17, 15) is 4.79 Å². The molecule has 0 atom stereocenters. The molecule has 1 aromatic rings. The van der Waals surface area contributed by atoms with Crippen molar-refractivity contribution < 1.29 is 4.79 Å². The maximum Gasteiger partial charge on any atom is 0.236 e. The summed E-state index contributed by atoms with van der Waals surface area (Å²) in [6.45, 7) is 2.96. The molecule has 1 N–H and O–H groups in total. The third kappa shape index (κ3) is 4.65. The smallest absolute Gasteiger partial charge is 0.236 e. The Kier molecular flexibility index (Phi) is 6.14. The van der Waals surface area contributed by atoms with Crippen molar-refractivity contribution in [2.45, 2.75) is 25.7 Å². The normalized spacial score (nSPS) is 15.4. The molecule has 1 amide bonds. The molecule has 5 heteroatoms. The van der Waals surface area contributed by atoms with Gasteiger partial charge in [0.15, 0.2) is 0 Å². The van der Waals surface area contributed by atoms with Crippen LogP contribution < -0.4 is 5.32 Å². The Hall–Kier alpha value is -0.770. The molecule has 1 heterocycles. The molecule has 1 saturated heterocycles. The van der Waals surface area contributed by atoms with E-state index in [1.165, 1.54) is 6.42 Å². The van der Waals surface area contributed by atoms with Crippen molar-refractivity contribution >= 4 is 29.1 Å². The molecule has 1 aliphatic rings. The number of halogens is 2. The number of nitrogens with zero attached hydrogens (tertiary/aromatic N) is 1. The minimum absolute atomic E-state index is 0.201. The molecule has 0 unspecified atom stereocenters. The topological polar surface area (TPSA) is 32.3 Å². The van der Waals surface area contributed by atoms with Crippen LogP contribution in [-0.4, -0.2) is 37.0 Å². The minimum Gasteiger partial charge on any atom is -0.342 e. The van der Waals surface area contributed by atoms with E-state index in [1.807, 2.05) is 17.0 Å². The number of carbonyl (C=O) groups is 1. The molecule has 3 nitrogen and oxygen atoms in total. The van der Waals surface area contributed by atoms with Gasteiger partial charge in [-0.1, -0.05) is 29.3 Å². The van der Waals surface area contributed by atoms with Crippen LogP contribution in [0.5, 0.6) is 0 Å². The van der Waals surface area contributed by atoms with Crippen molar-refractivity contribution in [3.8, 4) is 0 Å². The first-order valence-corrected chi connectivity index (χ1v) is 7.85. The molecule has 1 aliphatic heterocycles. The number of rotatable bonds is 5. The number of piperidine rings is 1.